The number of carboxylic acid groups (broad SMARTS) is 2. The van der Waals surface area contributed by atoms with Crippen LogP contribution >= 0.6 is 23.1 Å². The van der Waals surface area contributed by atoms with Crippen molar-refractivity contribution < 1.29 is 29.3 Å². The molecular weight excluding hydrogens is 396 g/mol. The van der Waals surface area contributed by atoms with Gasteiger partial charge in [0.15, 0.2) is 4.34 Å². The van der Waals surface area contributed by atoms with Crippen molar-refractivity contribution in [1.29, 1.82) is 0 Å². The zero-order valence-electron chi connectivity index (χ0n) is 15.2. The average Bonchev–Trinajstić information content (AvgIpc) is 3.04. The van der Waals surface area contributed by atoms with Gasteiger partial charge in [0.05, 0.1) is 6.54 Å². The van der Waals surface area contributed by atoms with Gasteiger partial charge in [-0.2, -0.15) is 0 Å². The second-order valence-electron chi connectivity index (χ2n) is 5.64. The summed E-state index contributed by atoms with van der Waals surface area (Å²) >= 11 is 3.06. The number of hydrogen-bond donors (Lipinski definition) is 3. The molecule has 1 aromatic heterocycles. The highest BCUT2D eigenvalue weighted by molar-refractivity contribution is 8.01. The molecule has 0 unspecified atom stereocenters. The maximum Gasteiger partial charge on any atom is 0.414 e. The minimum absolute atomic E-state index is 0.00982. The molecule has 0 bridgehead atoms. The first-order valence-corrected chi connectivity index (χ1v) is 10.1. The van der Waals surface area contributed by atoms with Crippen molar-refractivity contribution in [1.82, 2.24) is 15.1 Å². The molecule has 0 saturated carbocycles. The summed E-state index contributed by atoms with van der Waals surface area (Å²) < 4.78 is 6.08. The number of thioether (sulfide) groups is 1. The molecular formula is C15H24N4O6S2. The van der Waals surface area contributed by atoms with Crippen LogP contribution in [0.4, 0.5) is 5.13 Å². The van der Waals surface area contributed by atoms with Crippen LogP contribution < -0.4 is 5.32 Å². The van der Waals surface area contributed by atoms with E-state index in [4.69, 9.17) is 24.5 Å². The third-order valence-corrected chi connectivity index (χ3v) is 5.43. The summed E-state index contributed by atoms with van der Waals surface area (Å²) in [5, 5.41) is 26.2. The van der Waals surface area contributed by atoms with Crippen molar-refractivity contribution in [2.45, 2.75) is 24.1 Å². The molecule has 1 saturated heterocycles. The fraction of sp³-hybridized carbons (Fsp3) is 0.667. The van der Waals surface area contributed by atoms with Gasteiger partial charge in [0.2, 0.25) is 11.0 Å². The topological polar surface area (TPSA) is 142 Å². The predicted octanol–water partition coefficient (Wildman–Crippen LogP) is 1.10. The normalized spacial score (nSPS) is 14.9. The quantitative estimate of drug-likeness (QED) is 0.333. The van der Waals surface area contributed by atoms with Gasteiger partial charge in [0.1, 0.15) is 0 Å². The van der Waals surface area contributed by atoms with E-state index in [1.807, 2.05) is 0 Å². The number of piperidine rings is 1. The molecule has 0 aromatic carbocycles. The van der Waals surface area contributed by atoms with Crippen molar-refractivity contribution in [3.8, 4) is 0 Å². The van der Waals surface area contributed by atoms with Gasteiger partial charge in [0, 0.05) is 13.7 Å². The van der Waals surface area contributed by atoms with Crippen LogP contribution in [0.1, 0.15) is 19.8 Å². The number of ether oxygens (including phenoxy) is 1. The Labute approximate surface area is 165 Å². The molecule has 10 nitrogen and oxygen atoms in total. The molecule has 3 N–H and O–H groups in total. The first-order valence-electron chi connectivity index (χ1n) is 8.29. The Morgan fingerprint density at radius 1 is 1.26 bits per heavy atom. The molecule has 27 heavy (non-hydrogen) atoms. The van der Waals surface area contributed by atoms with Crippen molar-refractivity contribution in [2.24, 2.45) is 5.92 Å². The molecule has 12 heteroatoms. The lowest BCUT2D eigenvalue weighted by molar-refractivity contribution is -0.159. The minimum atomic E-state index is -1.82. The molecule has 1 aromatic rings. The van der Waals surface area contributed by atoms with Gasteiger partial charge in [-0.3, -0.25) is 15.0 Å². The lowest BCUT2D eigenvalue weighted by atomic mass is 9.98. The van der Waals surface area contributed by atoms with Crippen molar-refractivity contribution in [3.63, 3.8) is 0 Å². The molecule has 2 rings (SSSR count). The van der Waals surface area contributed by atoms with E-state index >= 15 is 0 Å². The number of aromatic nitrogens is 2. The van der Waals surface area contributed by atoms with Crippen LogP contribution in [0.3, 0.4) is 0 Å². The van der Waals surface area contributed by atoms with E-state index < -0.39 is 11.9 Å². The number of carbonyl (C=O) groups excluding carboxylic acids is 1. The second kappa shape index (κ2) is 12.6. The largest absolute Gasteiger partial charge is 0.473 e. The number of amides is 1. The number of nitrogens with zero attached hydrogens (tertiary/aromatic N) is 3. The van der Waals surface area contributed by atoms with Crippen molar-refractivity contribution in [2.75, 3.05) is 44.4 Å². The first kappa shape index (κ1) is 23.3. The summed E-state index contributed by atoms with van der Waals surface area (Å²) in [4.78, 5) is 32.4. The lowest BCUT2D eigenvalue weighted by Crippen LogP contribution is -2.40. The Morgan fingerprint density at radius 3 is 2.41 bits per heavy atom. The van der Waals surface area contributed by atoms with Gasteiger partial charge in [-0.05, 0) is 37.6 Å². The molecule has 1 amide bonds. The number of nitrogens with one attached hydrogen (secondary N) is 1. The fourth-order valence-corrected chi connectivity index (χ4v) is 4.02. The monoisotopic (exact) mass is 420 g/mol. The summed E-state index contributed by atoms with van der Waals surface area (Å²) in [7, 11) is 1.74. The molecule has 0 aliphatic carbocycles. The smallest absolute Gasteiger partial charge is 0.414 e. The number of likely N-dealkylation sites (tertiary alicyclic amines) is 1. The van der Waals surface area contributed by atoms with E-state index in [0.717, 1.165) is 42.6 Å². The van der Waals surface area contributed by atoms with E-state index in [1.165, 1.54) is 11.3 Å². The van der Waals surface area contributed by atoms with Crippen molar-refractivity contribution >= 4 is 46.1 Å². The number of hydrogen-bond acceptors (Lipinski definition) is 9. The van der Waals surface area contributed by atoms with Crippen LogP contribution in [0.2, 0.25) is 0 Å². The molecule has 0 spiro atoms. The molecule has 2 heterocycles. The summed E-state index contributed by atoms with van der Waals surface area (Å²) in [6.07, 6.45) is 2.19. The number of carboxylic acids is 2. The zero-order valence-corrected chi connectivity index (χ0v) is 16.8. The van der Waals surface area contributed by atoms with Crippen LogP contribution in [-0.2, 0) is 19.1 Å². The number of carbonyl (C=O) groups is 3. The fourth-order valence-electron chi connectivity index (χ4n) is 2.35. The van der Waals surface area contributed by atoms with E-state index in [1.54, 1.807) is 18.9 Å². The SMILES string of the molecule is CCSc1nnc(NC(=O)CN2CCC(COC)CC2)s1.O=C(O)C(=O)O. The number of anilines is 1. The van der Waals surface area contributed by atoms with Gasteiger partial charge in [-0.15, -0.1) is 10.2 Å². The maximum atomic E-state index is 12.0. The molecule has 1 aliphatic rings. The highest BCUT2D eigenvalue weighted by atomic mass is 32.2. The summed E-state index contributed by atoms with van der Waals surface area (Å²) in [5.41, 5.74) is 0. The Morgan fingerprint density at radius 2 is 1.89 bits per heavy atom. The number of methoxy groups -OCH3 is 1. The van der Waals surface area contributed by atoms with Gasteiger partial charge < -0.3 is 14.9 Å². The lowest BCUT2D eigenvalue weighted by Gasteiger charge is -2.30. The van der Waals surface area contributed by atoms with Crippen molar-refractivity contribution in [3.05, 3.63) is 0 Å². The summed E-state index contributed by atoms with van der Waals surface area (Å²) in [6.45, 7) is 5.22. The number of aliphatic carboxylic acids is 2. The van der Waals surface area contributed by atoms with Crippen LogP contribution in [-0.4, -0.2) is 82.3 Å². The Bertz CT molecular complexity index is 607. The van der Waals surface area contributed by atoms with Crippen LogP contribution in [0, 0.1) is 5.92 Å². The van der Waals surface area contributed by atoms with E-state index in [-0.39, 0.29) is 5.91 Å². The van der Waals surface area contributed by atoms with Crippen LogP contribution in [0.5, 0.6) is 0 Å². The predicted molar refractivity (Wildman–Crippen MR) is 101 cm³/mol. The van der Waals surface area contributed by atoms with E-state index in [2.05, 4.69) is 27.3 Å². The zero-order chi connectivity index (χ0) is 20.2. The first-order chi connectivity index (χ1) is 12.8. The second-order valence-corrected chi connectivity index (χ2v) is 8.13. The molecule has 1 fully saturated rings. The maximum absolute atomic E-state index is 12.0. The molecule has 0 radical (unpaired) electrons. The van der Waals surface area contributed by atoms with Crippen LogP contribution in [0.25, 0.3) is 0 Å². The highest BCUT2D eigenvalue weighted by Crippen LogP contribution is 2.25. The third-order valence-electron chi connectivity index (χ3n) is 3.58. The summed E-state index contributed by atoms with van der Waals surface area (Å²) in [6, 6.07) is 0. The molecule has 0 atom stereocenters. The van der Waals surface area contributed by atoms with E-state index in [9.17, 15) is 4.79 Å². The van der Waals surface area contributed by atoms with Crippen LogP contribution in [0.15, 0.2) is 4.34 Å². The van der Waals surface area contributed by atoms with E-state index in [0.29, 0.717) is 17.6 Å². The molecule has 152 valence electrons. The average molecular weight is 421 g/mol. The van der Waals surface area contributed by atoms with Gasteiger partial charge in [-0.25, -0.2) is 9.59 Å². The van der Waals surface area contributed by atoms with Gasteiger partial charge >= 0.3 is 11.9 Å². The van der Waals surface area contributed by atoms with Gasteiger partial charge in [0.25, 0.3) is 0 Å². The van der Waals surface area contributed by atoms with Gasteiger partial charge in [-0.1, -0.05) is 30.0 Å². The molecule has 1 aliphatic heterocycles. The number of rotatable bonds is 7. The Balaban J connectivity index is 0.000000527. The summed E-state index contributed by atoms with van der Waals surface area (Å²) in [5.74, 6) is -2.07. The Kier molecular flexibility index (Phi) is 10.9. The third kappa shape index (κ3) is 9.65. The Hall–Kier alpha value is -1.76. The highest BCUT2D eigenvalue weighted by Gasteiger charge is 2.21. The minimum Gasteiger partial charge on any atom is -0.473 e. The standard InChI is InChI=1S/C13H22N4O2S2.C2H2O4/c1-3-20-13-16-15-12(21-13)14-11(18)8-17-6-4-10(5-7-17)9-19-2;3-1(4)2(5)6/h10H,3-9H2,1-2H3,(H,14,15,18);(H,3,4)(H,5,6).